The smallest absolute Gasteiger partial charge is 0.225 e. The molecule has 0 saturated carbocycles. The van der Waals surface area contributed by atoms with Gasteiger partial charge in [-0.1, -0.05) is 43.3 Å². The fraction of sp³-hybridized carbons (Fsp3) is 0.261. The zero-order valence-electron chi connectivity index (χ0n) is 16.0. The Morgan fingerprint density at radius 3 is 2.71 bits per heavy atom. The number of carbonyl (C=O) groups is 1. The monoisotopic (exact) mass is 393 g/mol. The lowest BCUT2D eigenvalue weighted by molar-refractivity contribution is -0.116. The van der Waals surface area contributed by atoms with Crippen LogP contribution in [0.15, 0.2) is 53.9 Å². The molecule has 0 saturated heterocycles. The summed E-state index contributed by atoms with van der Waals surface area (Å²) in [4.78, 5) is 13.7. The third kappa shape index (κ3) is 3.50. The van der Waals surface area contributed by atoms with Gasteiger partial charge in [-0.2, -0.15) is 0 Å². The van der Waals surface area contributed by atoms with E-state index in [1.54, 1.807) is 18.4 Å². The SMILES string of the molecule is CCCOc1ccc([C@H]2CC(=O)Nc3c(-c4ccccc4)csc32)cc1OC. The number of nitrogens with one attached hydrogen (secondary N) is 1. The van der Waals surface area contributed by atoms with E-state index in [9.17, 15) is 4.79 Å². The summed E-state index contributed by atoms with van der Waals surface area (Å²) in [6, 6.07) is 16.2. The maximum atomic E-state index is 12.5. The molecule has 2 aromatic carbocycles. The second kappa shape index (κ2) is 8.07. The maximum absolute atomic E-state index is 12.5. The molecule has 0 bridgehead atoms. The number of ether oxygens (including phenoxy) is 2. The van der Waals surface area contributed by atoms with Crippen molar-refractivity contribution in [3.8, 4) is 22.6 Å². The van der Waals surface area contributed by atoms with Gasteiger partial charge in [-0.25, -0.2) is 0 Å². The molecule has 1 aliphatic heterocycles. The zero-order chi connectivity index (χ0) is 19.5. The van der Waals surface area contributed by atoms with Crippen molar-refractivity contribution < 1.29 is 14.3 Å². The molecule has 144 valence electrons. The molecule has 1 aromatic heterocycles. The highest BCUT2D eigenvalue weighted by Gasteiger charge is 2.31. The first-order valence-corrected chi connectivity index (χ1v) is 10.4. The topological polar surface area (TPSA) is 47.6 Å². The number of amides is 1. The van der Waals surface area contributed by atoms with E-state index in [4.69, 9.17) is 9.47 Å². The first-order chi connectivity index (χ1) is 13.7. The summed E-state index contributed by atoms with van der Waals surface area (Å²) in [5, 5.41) is 5.22. The minimum Gasteiger partial charge on any atom is -0.493 e. The number of carbonyl (C=O) groups excluding carboxylic acids is 1. The molecule has 2 heterocycles. The predicted molar refractivity (Wildman–Crippen MR) is 114 cm³/mol. The van der Waals surface area contributed by atoms with Gasteiger partial charge in [0.25, 0.3) is 0 Å². The van der Waals surface area contributed by atoms with Gasteiger partial charge in [-0.15, -0.1) is 11.3 Å². The van der Waals surface area contributed by atoms with Crippen molar-refractivity contribution in [3.63, 3.8) is 0 Å². The average Bonchev–Trinajstić information content (AvgIpc) is 3.16. The van der Waals surface area contributed by atoms with Gasteiger partial charge in [0, 0.05) is 28.2 Å². The van der Waals surface area contributed by atoms with Crippen LogP contribution in [0.1, 0.15) is 36.1 Å². The highest BCUT2D eigenvalue weighted by molar-refractivity contribution is 7.11. The van der Waals surface area contributed by atoms with Crippen molar-refractivity contribution >= 4 is 22.9 Å². The van der Waals surface area contributed by atoms with E-state index in [1.165, 1.54) is 4.88 Å². The van der Waals surface area contributed by atoms with Gasteiger partial charge >= 0.3 is 0 Å². The molecule has 5 heteroatoms. The Morgan fingerprint density at radius 2 is 1.96 bits per heavy atom. The molecule has 1 amide bonds. The van der Waals surface area contributed by atoms with Crippen molar-refractivity contribution in [2.45, 2.75) is 25.7 Å². The number of fused-ring (bicyclic) bond motifs is 1. The molecule has 3 aromatic rings. The van der Waals surface area contributed by atoms with E-state index in [0.29, 0.717) is 18.8 Å². The molecule has 0 radical (unpaired) electrons. The van der Waals surface area contributed by atoms with Gasteiger partial charge < -0.3 is 14.8 Å². The number of benzene rings is 2. The third-order valence-corrected chi connectivity index (χ3v) is 6.02. The molecule has 0 aliphatic carbocycles. The van der Waals surface area contributed by atoms with Crippen LogP contribution in [0.4, 0.5) is 5.69 Å². The Morgan fingerprint density at radius 1 is 1.14 bits per heavy atom. The van der Waals surface area contributed by atoms with E-state index in [1.807, 2.05) is 36.4 Å². The van der Waals surface area contributed by atoms with Gasteiger partial charge in [0.2, 0.25) is 5.91 Å². The van der Waals surface area contributed by atoms with Crippen LogP contribution in [-0.4, -0.2) is 19.6 Å². The number of methoxy groups -OCH3 is 1. The molecule has 0 fully saturated rings. The van der Waals surface area contributed by atoms with Crippen molar-refractivity contribution in [3.05, 3.63) is 64.4 Å². The van der Waals surface area contributed by atoms with Crippen LogP contribution in [0.25, 0.3) is 11.1 Å². The standard InChI is InChI=1S/C23H23NO3S/c1-3-11-27-19-10-9-16(12-20(19)26-2)17-13-21(25)24-22-18(14-28-23(17)22)15-7-5-4-6-8-15/h4-10,12,14,17H,3,11,13H2,1-2H3,(H,24,25)/t17-/m1/s1. The maximum Gasteiger partial charge on any atom is 0.225 e. The lowest BCUT2D eigenvalue weighted by Gasteiger charge is -2.24. The zero-order valence-corrected chi connectivity index (χ0v) is 16.8. The molecule has 28 heavy (non-hydrogen) atoms. The molecule has 1 N–H and O–H groups in total. The van der Waals surface area contributed by atoms with Crippen LogP contribution in [0.3, 0.4) is 0 Å². The number of thiophene rings is 1. The fourth-order valence-corrected chi connectivity index (χ4v) is 4.72. The number of hydrogen-bond donors (Lipinski definition) is 1. The van der Waals surface area contributed by atoms with E-state index in [0.717, 1.165) is 34.5 Å². The number of hydrogen-bond acceptors (Lipinski definition) is 4. The summed E-state index contributed by atoms with van der Waals surface area (Å²) in [6.45, 7) is 2.72. The van der Waals surface area contributed by atoms with Crippen molar-refractivity contribution in [1.29, 1.82) is 0 Å². The third-order valence-electron chi connectivity index (χ3n) is 4.93. The molecule has 0 unspecified atom stereocenters. The number of anilines is 1. The lowest BCUT2D eigenvalue weighted by Crippen LogP contribution is -2.22. The lowest BCUT2D eigenvalue weighted by atomic mass is 9.89. The van der Waals surface area contributed by atoms with Crippen molar-refractivity contribution in [2.75, 3.05) is 19.0 Å². The van der Waals surface area contributed by atoms with E-state index >= 15 is 0 Å². The minimum atomic E-state index is 0.0142. The molecule has 1 atom stereocenters. The summed E-state index contributed by atoms with van der Waals surface area (Å²) in [5.41, 5.74) is 4.19. The van der Waals surface area contributed by atoms with Crippen molar-refractivity contribution in [1.82, 2.24) is 0 Å². The summed E-state index contributed by atoms with van der Waals surface area (Å²) in [7, 11) is 1.65. The van der Waals surface area contributed by atoms with Crippen LogP contribution in [0, 0.1) is 0 Å². The summed E-state index contributed by atoms with van der Waals surface area (Å²) < 4.78 is 11.3. The molecule has 0 spiro atoms. The Bertz CT molecular complexity index is 981. The van der Waals surface area contributed by atoms with Crippen LogP contribution < -0.4 is 14.8 Å². The van der Waals surface area contributed by atoms with E-state index in [2.05, 4.69) is 29.8 Å². The Balaban J connectivity index is 1.73. The van der Waals surface area contributed by atoms with E-state index in [-0.39, 0.29) is 11.8 Å². The highest BCUT2D eigenvalue weighted by Crippen LogP contribution is 2.47. The summed E-state index contributed by atoms with van der Waals surface area (Å²) in [6.07, 6.45) is 1.37. The second-order valence-corrected chi connectivity index (χ2v) is 7.73. The van der Waals surface area contributed by atoms with Gasteiger partial charge in [0.15, 0.2) is 11.5 Å². The quantitative estimate of drug-likeness (QED) is 0.585. The Labute approximate surface area is 169 Å². The summed E-state index contributed by atoms with van der Waals surface area (Å²) >= 11 is 1.70. The molecule has 4 rings (SSSR count). The van der Waals surface area contributed by atoms with Crippen LogP contribution in [0.2, 0.25) is 0 Å². The summed E-state index contributed by atoms with van der Waals surface area (Å²) in [5.74, 6) is 1.50. The van der Waals surface area contributed by atoms with Crippen molar-refractivity contribution in [2.24, 2.45) is 0 Å². The largest absolute Gasteiger partial charge is 0.493 e. The van der Waals surface area contributed by atoms with Gasteiger partial charge in [0.1, 0.15) is 0 Å². The van der Waals surface area contributed by atoms with Gasteiger partial charge in [0.05, 0.1) is 19.4 Å². The molecule has 1 aliphatic rings. The molecular weight excluding hydrogens is 370 g/mol. The van der Waals surface area contributed by atoms with Crippen LogP contribution in [-0.2, 0) is 4.79 Å². The Hall–Kier alpha value is -2.79. The van der Waals surface area contributed by atoms with Crippen LogP contribution >= 0.6 is 11.3 Å². The first-order valence-electron chi connectivity index (χ1n) is 9.48. The minimum absolute atomic E-state index is 0.0142. The fourth-order valence-electron chi connectivity index (χ4n) is 3.56. The second-order valence-electron chi connectivity index (χ2n) is 6.82. The van der Waals surface area contributed by atoms with Gasteiger partial charge in [-0.05, 0) is 29.7 Å². The molecular formula is C23H23NO3S. The average molecular weight is 394 g/mol. The Kier molecular flexibility index (Phi) is 5.35. The normalized spacial score (nSPS) is 15.6. The predicted octanol–water partition coefficient (Wildman–Crippen LogP) is 5.69. The molecule has 4 nitrogen and oxygen atoms in total. The number of rotatable bonds is 6. The first kappa shape index (κ1) is 18.6. The van der Waals surface area contributed by atoms with E-state index < -0.39 is 0 Å². The van der Waals surface area contributed by atoms with Crippen LogP contribution in [0.5, 0.6) is 11.5 Å². The highest BCUT2D eigenvalue weighted by atomic mass is 32.1. The van der Waals surface area contributed by atoms with Gasteiger partial charge in [-0.3, -0.25) is 4.79 Å².